The van der Waals surface area contributed by atoms with Gasteiger partial charge in [-0.25, -0.2) is 4.98 Å². The third kappa shape index (κ3) is 3.88. The van der Waals surface area contributed by atoms with Crippen molar-refractivity contribution in [3.05, 3.63) is 140 Å². The molecule has 0 fully saturated rings. The molecule has 0 aliphatic rings. The van der Waals surface area contributed by atoms with Gasteiger partial charge in [-0.05, 0) is 52.6 Å². The highest BCUT2D eigenvalue weighted by Crippen LogP contribution is 2.36. The van der Waals surface area contributed by atoms with E-state index in [1.54, 1.807) is 0 Å². The van der Waals surface area contributed by atoms with Crippen LogP contribution in [0.1, 0.15) is 0 Å². The number of aromatic nitrogens is 2. The molecular weight excluding hydrogens is 460 g/mol. The molecule has 0 atom stereocenters. The van der Waals surface area contributed by atoms with Crippen LogP contribution in [0.25, 0.3) is 66.6 Å². The second-order valence-electron chi connectivity index (χ2n) is 9.75. The molecule has 0 aliphatic heterocycles. The van der Waals surface area contributed by atoms with Crippen LogP contribution in [0.4, 0.5) is 0 Å². The number of hydrogen-bond acceptors (Lipinski definition) is 1. The zero-order valence-corrected chi connectivity index (χ0v) is 21.2. The van der Waals surface area contributed by atoms with E-state index in [1.165, 1.54) is 38.5 Å². The molecule has 0 aliphatic carbocycles. The minimum atomic E-state index is 0.978. The van der Waals surface area contributed by atoms with Crippen LogP contribution in [-0.4, -0.2) is 9.55 Å². The second-order valence-corrected chi connectivity index (χ2v) is 9.75. The second kappa shape index (κ2) is 9.17. The van der Waals surface area contributed by atoms with E-state index in [2.05, 4.69) is 139 Å². The van der Waals surface area contributed by atoms with Crippen molar-refractivity contribution in [2.75, 3.05) is 0 Å². The largest absolute Gasteiger partial charge is 0.344 e. The topological polar surface area (TPSA) is 17.8 Å². The standard InChI is InChI=1S/C36H26N2/c1-38-35-20-18-28(25-11-5-2-6-12-25)21-32(35)31-19-17-29(24-36(31)38)30-22-33(26-13-7-3-8-14-26)37-34(23-30)27-15-9-4-10-16-27/h2-24H,1H3. The van der Waals surface area contributed by atoms with Crippen LogP contribution >= 0.6 is 0 Å². The Morgan fingerprint density at radius 1 is 0.395 bits per heavy atom. The molecule has 0 amide bonds. The zero-order valence-electron chi connectivity index (χ0n) is 21.2. The van der Waals surface area contributed by atoms with E-state index >= 15 is 0 Å². The normalized spacial score (nSPS) is 11.3. The molecule has 7 aromatic rings. The zero-order chi connectivity index (χ0) is 25.5. The first-order valence-electron chi connectivity index (χ1n) is 13.0. The molecule has 180 valence electrons. The molecule has 2 nitrogen and oxygen atoms in total. The maximum atomic E-state index is 5.05. The number of hydrogen-bond donors (Lipinski definition) is 0. The van der Waals surface area contributed by atoms with Gasteiger partial charge in [-0.3, -0.25) is 0 Å². The quantitative estimate of drug-likeness (QED) is 0.242. The van der Waals surface area contributed by atoms with Crippen LogP contribution in [-0.2, 0) is 7.05 Å². The molecule has 0 bridgehead atoms. The van der Waals surface area contributed by atoms with Crippen LogP contribution < -0.4 is 0 Å². The van der Waals surface area contributed by atoms with E-state index in [0.717, 1.165) is 28.1 Å². The number of benzene rings is 5. The average molecular weight is 487 g/mol. The first-order valence-corrected chi connectivity index (χ1v) is 13.0. The van der Waals surface area contributed by atoms with Crippen LogP contribution in [0.3, 0.4) is 0 Å². The summed E-state index contributed by atoms with van der Waals surface area (Å²) in [5.74, 6) is 0. The van der Waals surface area contributed by atoms with Gasteiger partial charge in [-0.15, -0.1) is 0 Å². The molecule has 5 aromatic carbocycles. The van der Waals surface area contributed by atoms with Crippen LogP contribution in [0.5, 0.6) is 0 Å². The van der Waals surface area contributed by atoms with Crippen molar-refractivity contribution in [1.82, 2.24) is 9.55 Å². The van der Waals surface area contributed by atoms with Gasteiger partial charge in [0.15, 0.2) is 0 Å². The molecule has 0 N–H and O–H groups in total. The van der Waals surface area contributed by atoms with Crippen LogP contribution in [0.2, 0.25) is 0 Å². The predicted octanol–water partition coefficient (Wildman–Crippen LogP) is 9.39. The summed E-state index contributed by atoms with van der Waals surface area (Å²) in [6.45, 7) is 0. The van der Waals surface area contributed by atoms with Gasteiger partial charge >= 0.3 is 0 Å². The fourth-order valence-electron chi connectivity index (χ4n) is 5.41. The number of nitrogens with zero attached hydrogens (tertiary/aromatic N) is 2. The lowest BCUT2D eigenvalue weighted by Crippen LogP contribution is -1.92. The SMILES string of the molecule is Cn1c2ccc(-c3ccccc3)cc2c2ccc(-c3cc(-c4ccccc4)nc(-c4ccccc4)c3)cc21. The maximum Gasteiger partial charge on any atom is 0.0715 e. The Balaban J connectivity index is 1.40. The Morgan fingerprint density at radius 3 is 1.53 bits per heavy atom. The van der Waals surface area contributed by atoms with Gasteiger partial charge in [-0.2, -0.15) is 0 Å². The van der Waals surface area contributed by atoms with E-state index in [-0.39, 0.29) is 0 Å². The van der Waals surface area contributed by atoms with Crippen molar-refractivity contribution < 1.29 is 0 Å². The highest BCUT2D eigenvalue weighted by Gasteiger charge is 2.13. The molecule has 0 radical (unpaired) electrons. The number of pyridine rings is 1. The van der Waals surface area contributed by atoms with Crippen molar-refractivity contribution in [2.45, 2.75) is 0 Å². The number of aryl methyl sites for hydroxylation is 1. The summed E-state index contributed by atoms with van der Waals surface area (Å²) < 4.78 is 2.31. The summed E-state index contributed by atoms with van der Waals surface area (Å²) in [4.78, 5) is 5.05. The lowest BCUT2D eigenvalue weighted by atomic mass is 9.98. The lowest BCUT2D eigenvalue weighted by molar-refractivity contribution is 1.01. The molecule has 38 heavy (non-hydrogen) atoms. The van der Waals surface area contributed by atoms with Crippen LogP contribution in [0.15, 0.2) is 140 Å². The van der Waals surface area contributed by atoms with Crippen molar-refractivity contribution in [3.63, 3.8) is 0 Å². The minimum Gasteiger partial charge on any atom is -0.344 e. The van der Waals surface area contributed by atoms with Crippen molar-refractivity contribution in [2.24, 2.45) is 7.05 Å². The number of rotatable bonds is 4. The van der Waals surface area contributed by atoms with Crippen molar-refractivity contribution >= 4 is 21.8 Å². The molecule has 0 saturated heterocycles. The monoisotopic (exact) mass is 486 g/mol. The van der Waals surface area contributed by atoms with E-state index < -0.39 is 0 Å². The average Bonchev–Trinajstić information content (AvgIpc) is 3.28. The lowest BCUT2D eigenvalue weighted by Gasteiger charge is -2.11. The fourth-order valence-corrected chi connectivity index (χ4v) is 5.41. The van der Waals surface area contributed by atoms with Gasteiger partial charge in [-0.1, -0.05) is 109 Å². The third-order valence-electron chi connectivity index (χ3n) is 7.41. The first kappa shape index (κ1) is 22.3. The molecule has 0 unspecified atom stereocenters. The Kier molecular flexibility index (Phi) is 5.37. The van der Waals surface area contributed by atoms with Gasteiger partial charge in [0.25, 0.3) is 0 Å². The third-order valence-corrected chi connectivity index (χ3v) is 7.41. The van der Waals surface area contributed by atoms with E-state index in [4.69, 9.17) is 4.98 Å². The van der Waals surface area contributed by atoms with E-state index in [9.17, 15) is 0 Å². The Morgan fingerprint density at radius 2 is 0.921 bits per heavy atom. The first-order chi connectivity index (χ1) is 18.7. The maximum absolute atomic E-state index is 5.05. The summed E-state index contributed by atoms with van der Waals surface area (Å²) in [6, 6.07) is 49.5. The Labute approximate surface area is 222 Å². The molecule has 0 spiro atoms. The molecule has 2 heteroatoms. The minimum absolute atomic E-state index is 0.978. The smallest absolute Gasteiger partial charge is 0.0715 e. The number of fused-ring (bicyclic) bond motifs is 3. The highest BCUT2D eigenvalue weighted by molar-refractivity contribution is 6.10. The van der Waals surface area contributed by atoms with Crippen LogP contribution in [0, 0.1) is 0 Å². The molecule has 2 heterocycles. The van der Waals surface area contributed by atoms with Crippen molar-refractivity contribution in [1.29, 1.82) is 0 Å². The molecular formula is C36H26N2. The van der Waals surface area contributed by atoms with Gasteiger partial charge in [0.2, 0.25) is 0 Å². The van der Waals surface area contributed by atoms with Gasteiger partial charge in [0.1, 0.15) is 0 Å². The van der Waals surface area contributed by atoms with E-state index in [1.807, 2.05) is 12.1 Å². The Hall–Kier alpha value is -4.95. The van der Waals surface area contributed by atoms with Gasteiger partial charge < -0.3 is 4.57 Å². The highest BCUT2D eigenvalue weighted by atomic mass is 14.9. The summed E-state index contributed by atoms with van der Waals surface area (Å²) in [5, 5.41) is 2.55. The summed E-state index contributed by atoms with van der Waals surface area (Å²) in [7, 11) is 2.16. The summed E-state index contributed by atoms with van der Waals surface area (Å²) in [5.41, 5.74) is 11.5. The predicted molar refractivity (Wildman–Crippen MR) is 160 cm³/mol. The van der Waals surface area contributed by atoms with E-state index in [0.29, 0.717) is 0 Å². The van der Waals surface area contributed by atoms with Gasteiger partial charge in [0.05, 0.1) is 11.4 Å². The molecule has 2 aromatic heterocycles. The van der Waals surface area contributed by atoms with Crippen molar-refractivity contribution in [3.8, 4) is 44.8 Å². The summed E-state index contributed by atoms with van der Waals surface area (Å²) >= 11 is 0. The Bertz CT molecular complexity index is 1840. The van der Waals surface area contributed by atoms with Gasteiger partial charge in [0, 0.05) is 40.0 Å². The summed E-state index contributed by atoms with van der Waals surface area (Å²) in [6.07, 6.45) is 0. The molecule has 0 saturated carbocycles. The molecule has 7 rings (SSSR count). The fraction of sp³-hybridized carbons (Fsp3) is 0.0278.